The van der Waals surface area contributed by atoms with Gasteiger partial charge in [-0.15, -0.1) is 10.2 Å². The molecule has 1 heterocycles. The molecule has 0 unspecified atom stereocenters. The van der Waals surface area contributed by atoms with Gasteiger partial charge in [0.25, 0.3) is 5.91 Å². The van der Waals surface area contributed by atoms with E-state index in [2.05, 4.69) is 27.8 Å². The van der Waals surface area contributed by atoms with Crippen LogP contribution in [0.5, 0.6) is 0 Å². The number of carbonyl (C=O) groups excluding carboxylic acids is 1. The van der Waals surface area contributed by atoms with Crippen molar-refractivity contribution in [2.24, 2.45) is 0 Å². The van der Waals surface area contributed by atoms with Gasteiger partial charge in [0.1, 0.15) is 0 Å². The van der Waals surface area contributed by atoms with Gasteiger partial charge in [-0.25, -0.2) is 0 Å². The molecular formula is C25H22N4O. The van der Waals surface area contributed by atoms with Gasteiger partial charge in [0.2, 0.25) is 0 Å². The number of rotatable bonds is 6. The van der Waals surface area contributed by atoms with Crippen molar-refractivity contribution in [3.05, 3.63) is 102 Å². The summed E-state index contributed by atoms with van der Waals surface area (Å²) in [5.41, 5.74) is 5.29. The summed E-state index contributed by atoms with van der Waals surface area (Å²) in [4.78, 5) is 12.5. The minimum absolute atomic E-state index is 0.141. The second-order valence-corrected chi connectivity index (χ2v) is 6.88. The van der Waals surface area contributed by atoms with E-state index in [0.717, 1.165) is 29.1 Å². The average molecular weight is 394 g/mol. The monoisotopic (exact) mass is 394 g/mol. The molecule has 0 atom stereocenters. The van der Waals surface area contributed by atoms with Crippen molar-refractivity contribution in [3.8, 4) is 11.3 Å². The fourth-order valence-electron chi connectivity index (χ4n) is 3.04. The smallest absolute Gasteiger partial charge is 0.255 e. The normalized spacial score (nSPS) is 10.4. The van der Waals surface area contributed by atoms with Crippen LogP contribution < -0.4 is 10.6 Å². The first-order valence-electron chi connectivity index (χ1n) is 9.88. The highest BCUT2D eigenvalue weighted by Gasteiger charge is 2.07. The zero-order valence-electron chi connectivity index (χ0n) is 16.7. The van der Waals surface area contributed by atoms with E-state index in [1.54, 1.807) is 12.1 Å². The Hall–Kier alpha value is -3.99. The summed E-state index contributed by atoms with van der Waals surface area (Å²) < 4.78 is 0. The summed E-state index contributed by atoms with van der Waals surface area (Å²) >= 11 is 0. The van der Waals surface area contributed by atoms with Crippen LogP contribution in [-0.4, -0.2) is 16.1 Å². The maximum atomic E-state index is 12.5. The molecule has 0 radical (unpaired) electrons. The summed E-state index contributed by atoms with van der Waals surface area (Å²) in [5.74, 6) is 0.501. The Morgan fingerprint density at radius 1 is 0.767 bits per heavy atom. The van der Waals surface area contributed by atoms with Gasteiger partial charge in [-0.2, -0.15) is 0 Å². The maximum Gasteiger partial charge on any atom is 0.255 e. The molecule has 4 aromatic rings. The van der Waals surface area contributed by atoms with Crippen LogP contribution in [0.4, 0.5) is 17.2 Å². The van der Waals surface area contributed by atoms with Crippen LogP contribution >= 0.6 is 0 Å². The predicted molar refractivity (Wildman–Crippen MR) is 121 cm³/mol. The van der Waals surface area contributed by atoms with Crippen LogP contribution in [0.25, 0.3) is 11.3 Å². The molecule has 0 aliphatic heterocycles. The lowest BCUT2D eigenvalue weighted by Gasteiger charge is -2.08. The molecule has 0 bridgehead atoms. The van der Waals surface area contributed by atoms with Crippen LogP contribution in [-0.2, 0) is 6.42 Å². The van der Waals surface area contributed by atoms with Gasteiger partial charge in [0.15, 0.2) is 5.82 Å². The van der Waals surface area contributed by atoms with E-state index in [9.17, 15) is 4.79 Å². The SMILES string of the molecule is CCc1ccc(NC(=O)c2ccc(Nc3ccc(-c4ccccc4)nn3)cc2)cc1. The van der Waals surface area contributed by atoms with Crippen molar-refractivity contribution in [1.82, 2.24) is 10.2 Å². The van der Waals surface area contributed by atoms with Gasteiger partial charge in [0, 0.05) is 22.5 Å². The molecule has 0 aliphatic rings. The van der Waals surface area contributed by atoms with E-state index < -0.39 is 0 Å². The summed E-state index contributed by atoms with van der Waals surface area (Å²) in [7, 11) is 0. The summed E-state index contributed by atoms with van der Waals surface area (Å²) in [6.07, 6.45) is 0.974. The highest BCUT2D eigenvalue weighted by molar-refractivity contribution is 6.04. The molecule has 5 heteroatoms. The number of hydrogen-bond donors (Lipinski definition) is 2. The highest BCUT2D eigenvalue weighted by Crippen LogP contribution is 2.19. The largest absolute Gasteiger partial charge is 0.339 e. The molecule has 1 aromatic heterocycles. The lowest BCUT2D eigenvalue weighted by atomic mass is 10.1. The third-order valence-electron chi connectivity index (χ3n) is 4.77. The van der Waals surface area contributed by atoms with Crippen molar-refractivity contribution in [3.63, 3.8) is 0 Å². The van der Waals surface area contributed by atoms with E-state index in [1.165, 1.54) is 5.56 Å². The summed E-state index contributed by atoms with van der Waals surface area (Å²) in [5, 5.41) is 14.6. The first-order chi connectivity index (χ1) is 14.7. The second-order valence-electron chi connectivity index (χ2n) is 6.88. The number of aryl methyl sites for hydroxylation is 1. The van der Waals surface area contributed by atoms with E-state index in [4.69, 9.17) is 0 Å². The Bertz CT molecular complexity index is 1110. The van der Waals surface area contributed by atoms with Crippen molar-refractivity contribution >= 4 is 23.1 Å². The number of anilines is 3. The molecular weight excluding hydrogens is 372 g/mol. The molecule has 0 spiro atoms. The average Bonchev–Trinajstić information content (AvgIpc) is 2.81. The molecule has 0 aliphatic carbocycles. The number of nitrogens with zero attached hydrogens (tertiary/aromatic N) is 2. The number of carbonyl (C=O) groups is 1. The lowest BCUT2D eigenvalue weighted by molar-refractivity contribution is 0.102. The van der Waals surface area contributed by atoms with E-state index in [-0.39, 0.29) is 5.91 Å². The van der Waals surface area contributed by atoms with Gasteiger partial charge in [-0.3, -0.25) is 4.79 Å². The zero-order chi connectivity index (χ0) is 20.8. The van der Waals surface area contributed by atoms with Gasteiger partial charge >= 0.3 is 0 Å². The number of benzene rings is 3. The quantitative estimate of drug-likeness (QED) is 0.440. The first-order valence-corrected chi connectivity index (χ1v) is 9.88. The van der Waals surface area contributed by atoms with Gasteiger partial charge in [0.05, 0.1) is 5.69 Å². The van der Waals surface area contributed by atoms with Crippen LogP contribution in [0.15, 0.2) is 91.0 Å². The standard InChI is InChI=1S/C25H22N4O/c1-2-18-8-12-22(13-9-18)27-25(30)20-10-14-21(15-11-20)26-24-17-16-23(28-29-24)19-6-4-3-5-7-19/h3-17H,2H2,1H3,(H,26,29)(H,27,30). The number of amides is 1. The molecule has 1 amide bonds. The van der Waals surface area contributed by atoms with Crippen molar-refractivity contribution < 1.29 is 4.79 Å². The highest BCUT2D eigenvalue weighted by atomic mass is 16.1. The molecule has 0 saturated heterocycles. The number of nitrogens with one attached hydrogen (secondary N) is 2. The van der Waals surface area contributed by atoms with Crippen LogP contribution in [0, 0.1) is 0 Å². The molecule has 30 heavy (non-hydrogen) atoms. The third-order valence-corrected chi connectivity index (χ3v) is 4.77. The van der Waals surface area contributed by atoms with E-state index >= 15 is 0 Å². The number of hydrogen-bond acceptors (Lipinski definition) is 4. The topological polar surface area (TPSA) is 66.9 Å². The lowest BCUT2D eigenvalue weighted by Crippen LogP contribution is -2.11. The molecule has 4 rings (SSSR count). The Morgan fingerprint density at radius 3 is 2.10 bits per heavy atom. The second kappa shape index (κ2) is 9.01. The Balaban J connectivity index is 1.38. The Labute approximate surface area is 175 Å². The van der Waals surface area contributed by atoms with Crippen molar-refractivity contribution in [1.29, 1.82) is 0 Å². The first kappa shape index (κ1) is 19.3. The molecule has 2 N–H and O–H groups in total. The molecule has 0 saturated carbocycles. The fraction of sp³-hybridized carbons (Fsp3) is 0.0800. The minimum Gasteiger partial charge on any atom is -0.339 e. The molecule has 0 fully saturated rings. The van der Waals surface area contributed by atoms with Gasteiger partial charge in [-0.05, 0) is 60.5 Å². The van der Waals surface area contributed by atoms with Crippen LogP contribution in [0.2, 0.25) is 0 Å². The summed E-state index contributed by atoms with van der Waals surface area (Å²) in [6, 6.07) is 28.9. The van der Waals surface area contributed by atoms with Gasteiger partial charge in [-0.1, -0.05) is 49.4 Å². The molecule has 5 nitrogen and oxygen atoms in total. The predicted octanol–water partition coefficient (Wildman–Crippen LogP) is 5.70. The summed E-state index contributed by atoms with van der Waals surface area (Å²) in [6.45, 7) is 2.10. The number of aromatic nitrogens is 2. The fourth-order valence-corrected chi connectivity index (χ4v) is 3.04. The third kappa shape index (κ3) is 4.70. The van der Waals surface area contributed by atoms with Gasteiger partial charge < -0.3 is 10.6 Å². The molecule has 148 valence electrons. The van der Waals surface area contributed by atoms with Crippen LogP contribution in [0.1, 0.15) is 22.8 Å². The van der Waals surface area contributed by atoms with E-state index in [1.807, 2.05) is 78.9 Å². The van der Waals surface area contributed by atoms with Crippen molar-refractivity contribution in [2.45, 2.75) is 13.3 Å². The zero-order valence-corrected chi connectivity index (χ0v) is 16.7. The molecule has 3 aromatic carbocycles. The maximum absolute atomic E-state index is 12.5. The Morgan fingerprint density at radius 2 is 1.47 bits per heavy atom. The van der Waals surface area contributed by atoms with E-state index in [0.29, 0.717) is 11.4 Å². The van der Waals surface area contributed by atoms with Crippen molar-refractivity contribution in [2.75, 3.05) is 10.6 Å². The minimum atomic E-state index is -0.141. The van der Waals surface area contributed by atoms with Crippen LogP contribution in [0.3, 0.4) is 0 Å². The Kier molecular flexibility index (Phi) is 5.80.